The fraction of sp³-hybridized carbons (Fsp3) is 0.273. The molecule has 0 atom stereocenters. The van der Waals surface area contributed by atoms with Crippen molar-refractivity contribution in [2.24, 2.45) is 0 Å². The van der Waals surface area contributed by atoms with Gasteiger partial charge >= 0.3 is 13.4 Å². The summed E-state index contributed by atoms with van der Waals surface area (Å²) in [4.78, 5) is 27.2. The number of fused-ring (bicyclic) bond motifs is 1. The van der Waals surface area contributed by atoms with Gasteiger partial charge in [0, 0.05) is 18.4 Å². The minimum atomic E-state index is -3.45. The Bertz CT molecular complexity index is 1260. The van der Waals surface area contributed by atoms with Crippen molar-refractivity contribution in [2.75, 3.05) is 20.2 Å². The van der Waals surface area contributed by atoms with Gasteiger partial charge in [0.2, 0.25) is 11.2 Å². The Morgan fingerprint density at radius 1 is 1.12 bits per heavy atom. The summed E-state index contributed by atoms with van der Waals surface area (Å²) in [5.41, 5.74) is -0.609. The Balaban J connectivity index is 1.89. The molecule has 4 rings (SSSR count). The number of nitrogens with zero attached hydrogens (tertiary/aromatic N) is 2. The first-order chi connectivity index (χ1) is 15.8. The summed E-state index contributed by atoms with van der Waals surface area (Å²) < 4.78 is 63.9. The molecule has 0 bridgehead atoms. The van der Waals surface area contributed by atoms with Crippen LogP contribution in [0.2, 0.25) is 0 Å². The van der Waals surface area contributed by atoms with Crippen LogP contribution >= 0.6 is 0 Å². The smallest absolute Gasteiger partial charge is 0.491 e. The Labute approximate surface area is 186 Å². The minimum absolute atomic E-state index is 0.151. The van der Waals surface area contributed by atoms with Gasteiger partial charge in [0.25, 0.3) is 0 Å². The number of aromatic nitrogens is 1. The molecule has 0 aliphatic carbocycles. The zero-order chi connectivity index (χ0) is 23.7. The van der Waals surface area contributed by atoms with Crippen molar-refractivity contribution in [2.45, 2.75) is 19.4 Å². The maximum atomic E-state index is 14.5. The molecule has 1 aromatic heterocycles. The van der Waals surface area contributed by atoms with Gasteiger partial charge in [0.1, 0.15) is 11.1 Å². The number of halogens is 4. The number of ether oxygens (including phenoxy) is 1. The fourth-order valence-corrected chi connectivity index (χ4v) is 4.04. The normalized spacial score (nSPS) is 14.0. The molecular formula is C22H19BF4N2O4. The van der Waals surface area contributed by atoms with Gasteiger partial charge in [-0.25, -0.2) is 17.8 Å². The van der Waals surface area contributed by atoms with E-state index in [1.54, 1.807) is 12.1 Å². The summed E-state index contributed by atoms with van der Waals surface area (Å²) in [5, 5.41) is -0.421. The van der Waals surface area contributed by atoms with E-state index in [0.29, 0.717) is 11.8 Å². The van der Waals surface area contributed by atoms with Gasteiger partial charge in [-0.05, 0) is 49.7 Å². The van der Waals surface area contributed by atoms with Crippen molar-refractivity contribution in [3.05, 3.63) is 69.5 Å². The Morgan fingerprint density at radius 2 is 1.79 bits per heavy atom. The molecule has 1 aliphatic heterocycles. The highest BCUT2D eigenvalue weighted by Crippen LogP contribution is 2.32. The first-order valence-corrected chi connectivity index (χ1v) is 10.2. The number of pyridine rings is 1. The van der Waals surface area contributed by atoms with Crippen molar-refractivity contribution in [3.8, 4) is 11.4 Å². The molecule has 11 heteroatoms. The number of hydrogen-bond acceptors (Lipinski definition) is 5. The summed E-state index contributed by atoms with van der Waals surface area (Å²) >= 11 is 0. The number of likely N-dealkylation sites (tertiary alicyclic amines) is 1. The van der Waals surface area contributed by atoms with Gasteiger partial charge in [0.15, 0.2) is 11.6 Å². The first kappa shape index (κ1) is 22.8. The van der Waals surface area contributed by atoms with Crippen LogP contribution in [-0.4, -0.2) is 43.1 Å². The number of carbonyl (C=O) groups excluding carboxylic acids is 1. The van der Waals surface area contributed by atoms with E-state index in [9.17, 15) is 27.0 Å². The zero-order valence-corrected chi connectivity index (χ0v) is 17.6. The van der Waals surface area contributed by atoms with E-state index < -0.39 is 47.2 Å². The molecule has 0 spiro atoms. The Kier molecular flexibility index (Phi) is 6.41. The van der Waals surface area contributed by atoms with Crippen LogP contribution in [0, 0.1) is 11.6 Å². The average molecular weight is 462 g/mol. The summed E-state index contributed by atoms with van der Waals surface area (Å²) in [5.74, 6) is -4.85. The topological polar surface area (TPSA) is 60.8 Å². The predicted molar refractivity (Wildman–Crippen MR) is 114 cm³/mol. The summed E-state index contributed by atoms with van der Waals surface area (Å²) in [7, 11) is -2.35. The molecule has 6 nitrogen and oxygen atoms in total. The molecule has 2 aromatic carbocycles. The molecule has 0 unspecified atom stereocenters. The van der Waals surface area contributed by atoms with Crippen molar-refractivity contribution in [3.63, 3.8) is 0 Å². The second-order valence-electron chi connectivity index (χ2n) is 7.66. The van der Waals surface area contributed by atoms with Crippen LogP contribution in [0.1, 0.15) is 28.8 Å². The molecular weight excluding hydrogens is 443 g/mol. The predicted octanol–water partition coefficient (Wildman–Crippen LogP) is 3.95. The number of benzene rings is 2. The van der Waals surface area contributed by atoms with Gasteiger partial charge in [0.05, 0.1) is 12.5 Å². The molecule has 1 aliphatic rings. The maximum absolute atomic E-state index is 14.5. The van der Waals surface area contributed by atoms with Crippen LogP contribution in [-0.2, 0) is 11.2 Å². The van der Waals surface area contributed by atoms with Crippen molar-refractivity contribution >= 4 is 24.3 Å². The van der Waals surface area contributed by atoms with Gasteiger partial charge in [-0.15, -0.1) is 0 Å². The monoisotopic (exact) mass is 462 g/mol. The quantitative estimate of drug-likeness (QED) is 0.410. The molecule has 0 radical (unpaired) electrons. The van der Waals surface area contributed by atoms with Crippen LogP contribution in [0.25, 0.3) is 16.6 Å². The lowest BCUT2D eigenvalue weighted by molar-refractivity contribution is 0.0693. The third-order valence-electron chi connectivity index (χ3n) is 5.58. The molecule has 1 fully saturated rings. The third kappa shape index (κ3) is 4.45. The second-order valence-corrected chi connectivity index (χ2v) is 7.66. The van der Waals surface area contributed by atoms with Gasteiger partial charge in [-0.3, -0.25) is 9.69 Å². The van der Waals surface area contributed by atoms with Gasteiger partial charge in [-0.1, -0.05) is 12.1 Å². The minimum Gasteiger partial charge on any atom is -0.491 e. The molecule has 1 saturated heterocycles. The summed E-state index contributed by atoms with van der Waals surface area (Å²) in [6, 6.07) is 7.58. The Morgan fingerprint density at radius 3 is 2.39 bits per heavy atom. The molecule has 0 saturated carbocycles. The first-order valence-electron chi connectivity index (χ1n) is 10.2. The van der Waals surface area contributed by atoms with Gasteiger partial charge in [-0.2, -0.15) is 4.39 Å². The van der Waals surface area contributed by atoms with Crippen LogP contribution in [0.5, 0.6) is 5.75 Å². The van der Waals surface area contributed by atoms with Gasteiger partial charge < -0.3 is 14.0 Å². The summed E-state index contributed by atoms with van der Waals surface area (Å²) in [6.45, 7) is 2.74. The Hall–Kier alpha value is -3.34. The highest BCUT2D eigenvalue weighted by atomic mass is 19.2. The lowest BCUT2D eigenvalue weighted by Gasteiger charge is -2.18. The van der Waals surface area contributed by atoms with E-state index in [4.69, 9.17) is 4.74 Å². The molecule has 2 heterocycles. The van der Waals surface area contributed by atoms with E-state index in [0.717, 1.165) is 51.3 Å². The highest BCUT2D eigenvalue weighted by Gasteiger charge is 2.28. The number of rotatable bonds is 6. The van der Waals surface area contributed by atoms with Crippen LogP contribution in [0.3, 0.4) is 0 Å². The van der Waals surface area contributed by atoms with E-state index in [-0.39, 0.29) is 5.52 Å². The van der Waals surface area contributed by atoms with Crippen molar-refractivity contribution in [1.82, 2.24) is 9.47 Å². The average Bonchev–Trinajstić information content (AvgIpc) is 3.29. The molecule has 0 N–H and O–H groups in total. The maximum Gasteiger partial charge on any atom is 0.798 e. The largest absolute Gasteiger partial charge is 0.798 e. The standard InChI is InChI=1S/C22H19BF4N2O4/c1-32-21-18(25)17(24)10-15-19(21)29(12-16(20(15)30)22(31)33-23(26)27)14-6-4-13(5-7-14)11-28-8-2-3-9-28/h4-7,10,12H,2-3,8-9,11H2,1H3. The van der Waals surface area contributed by atoms with E-state index >= 15 is 0 Å². The fourth-order valence-electron chi connectivity index (χ4n) is 4.04. The second kappa shape index (κ2) is 9.26. The number of hydrogen-bond donors (Lipinski definition) is 0. The number of methoxy groups -OCH3 is 1. The van der Waals surface area contributed by atoms with Crippen molar-refractivity contribution in [1.29, 1.82) is 0 Å². The molecule has 0 amide bonds. The van der Waals surface area contributed by atoms with E-state index in [1.165, 1.54) is 4.57 Å². The summed E-state index contributed by atoms with van der Waals surface area (Å²) in [6.07, 6.45) is 3.24. The lowest BCUT2D eigenvalue weighted by Crippen LogP contribution is -2.24. The van der Waals surface area contributed by atoms with E-state index in [2.05, 4.69) is 9.55 Å². The van der Waals surface area contributed by atoms with E-state index in [1.807, 2.05) is 12.1 Å². The molecule has 3 aromatic rings. The molecule has 172 valence electrons. The SMILES string of the molecule is COc1c(F)c(F)cc2c(=O)c(C(=O)OB(F)F)cn(-c3ccc(CN4CCCC4)cc3)c12. The zero-order valence-electron chi connectivity index (χ0n) is 17.6. The lowest BCUT2D eigenvalue weighted by atomic mass is 10.1. The van der Waals surface area contributed by atoms with Crippen LogP contribution < -0.4 is 10.2 Å². The molecule has 33 heavy (non-hydrogen) atoms. The number of carbonyl (C=O) groups is 1. The van der Waals surface area contributed by atoms with Crippen LogP contribution in [0.4, 0.5) is 17.4 Å². The van der Waals surface area contributed by atoms with Crippen LogP contribution in [0.15, 0.2) is 41.3 Å². The van der Waals surface area contributed by atoms with Crippen molar-refractivity contribution < 1.29 is 31.6 Å². The highest BCUT2D eigenvalue weighted by molar-refractivity contribution is 6.38. The third-order valence-corrected chi connectivity index (χ3v) is 5.58.